The van der Waals surface area contributed by atoms with Gasteiger partial charge in [0.1, 0.15) is 5.58 Å². The topological polar surface area (TPSA) is 59.3 Å². The average molecular weight is 383 g/mol. The largest absolute Gasteiger partial charge is 0.422 e. The number of carbonyl (C=O) groups is 1. The van der Waals surface area contributed by atoms with E-state index in [1.54, 1.807) is 30.3 Å². The fourth-order valence-corrected chi connectivity index (χ4v) is 3.45. The molecule has 0 spiro atoms. The number of hydrogen-bond donors (Lipinski definition) is 1. The van der Waals surface area contributed by atoms with Crippen LogP contribution in [0.5, 0.6) is 0 Å². The maximum atomic E-state index is 12.7. The quantitative estimate of drug-likeness (QED) is 0.468. The molecule has 0 aliphatic heterocycles. The van der Waals surface area contributed by atoms with Crippen molar-refractivity contribution in [2.45, 2.75) is 20.3 Å². The SMILES string of the molecule is CCc1cccc(C)c1NC(=O)c1ccc(-c2cc3ccccc3oc2=O)cc1. The van der Waals surface area contributed by atoms with Gasteiger partial charge in [-0.2, -0.15) is 0 Å². The normalized spacial score (nSPS) is 10.8. The number of hydrogen-bond acceptors (Lipinski definition) is 3. The first kappa shape index (κ1) is 18.7. The molecule has 4 rings (SSSR count). The van der Waals surface area contributed by atoms with Crippen molar-refractivity contribution in [1.29, 1.82) is 0 Å². The summed E-state index contributed by atoms with van der Waals surface area (Å²) in [7, 11) is 0. The van der Waals surface area contributed by atoms with Crippen molar-refractivity contribution in [3.05, 3.63) is 99.9 Å². The molecule has 1 N–H and O–H groups in total. The van der Waals surface area contributed by atoms with Crippen molar-refractivity contribution in [3.63, 3.8) is 0 Å². The summed E-state index contributed by atoms with van der Waals surface area (Å²) in [5.74, 6) is -0.175. The van der Waals surface area contributed by atoms with E-state index in [9.17, 15) is 9.59 Å². The Balaban J connectivity index is 1.63. The predicted octanol–water partition coefficient (Wildman–Crippen LogP) is 5.58. The highest BCUT2D eigenvalue weighted by atomic mass is 16.4. The Bertz CT molecular complexity index is 1250. The monoisotopic (exact) mass is 383 g/mol. The van der Waals surface area contributed by atoms with E-state index in [1.165, 1.54) is 0 Å². The molecule has 1 aromatic heterocycles. The first-order valence-corrected chi connectivity index (χ1v) is 9.60. The molecule has 1 amide bonds. The van der Waals surface area contributed by atoms with Gasteiger partial charge in [-0.1, -0.05) is 55.5 Å². The van der Waals surface area contributed by atoms with Gasteiger partial charge in [0.15, 0.2) is 0 Å². The van der Waals surface area contributed by atoms with E-state index in [1.807, 2.05) is 49.4 Å². The zero-order valence-electron chi connectivity index (χ0n) is 16.4. The van der Waals surface area contributed by atoms with E-state index in [-0.39, 0.29) is 5.91 Å². The standard InChI is InChI=1S/C25H21NO3/c1-3-17-9-6-7-16(2)23(17)26-24(27)19-13-11-18(12-14-19)21-15-20-8-4-5-10-22(20)29-25(21)28/h4-15H,3H2,1-2H3,(H,26,27). The highest BCUT2D eigenvalue weighted by molar-refractivity contribution is 6.05. The molecule has 0 radical (unpaired) electrons. The van der Waals surface area contributed by atoms with Gasteiger partial charge >= 0.3 is 5.63 Å². The molecule has 0 aliphatic rings. The Morgan fingerprint density at radius 2 is 1.72 bits per heavy atom. The molecule has 3 aromatic carbocycles. The number of aryl methyl sites for hydroxylation is 2. The number of anilines is 1. The van der Waals surface area contributed by atoms with Gasteiger partial charge < -0.3 is 9.73 Å². The molecule has 4 aromatic rings. The minimum absolute atomic E-state index is 0.175. The zero-order chi connectivity index (χ0) is 20.4. The summed E-state index contributed by atoms with van der Waals surface area (Å²) in [5.41, 5.74) is 4.87. The minimum Gasteiger partial charge on any atom is -0.422 e. The lowest BCUT2D eigenvalue weighted by molar-refractivity contribution is 0.102. The molecule has 0 saturated carbocycles. The molecule has 0 atom stereocenters. The van der Waals surface area contributed by atoms with Crippen LogP contribution in [0.3, 0.4) is 0 Å². The van der Waals surface area contributed by atoms with Gasteiger partial charge in [-0.05, 0) is 54.3 Å². The van der Waals surface area contributed by atoms with Gasteiger partial charge in [0.2, 0.25) is 0 Å². The van der Waals surface area contributed by atoms with Gasteiger partial charge in [-0.15, -0.1) is 0 Å². The summed E-state index contributed by atoms with van der Waals surface area (Å²) in [6, 6.07) is 22.2. The molecule has 1 heterocycles. The zero-order valence-corrected chi connectivity index (χ0v) is 16.4. The van der Waals surface area contributed by atoms with Crippen molar-refractivity contribution >= 4 is 22.6 Å². The van der Waals surface area contributed by atoms with Crippen LogP contribution in [0.1, 0.15) is 28.4 Å². The molecular weight excluding hydrogens is 362 g/mol. The second-order valence-electron chi connectivity index (χ2n) is 6.98. The summed E-state index contributed by atoms with van der Waals surface area (Å²) < 4.78 is 5.41. The summed E-state index contributed by atoms with van der Waals surface area (Å²) in [6.45, 7) is 4.05. The van der Waals surface area contributed by atoms with Crippen LogP contribution >= 0.6 is 0 Å². The van der Waals surface area contributed by atoms with Crippen molar-refractivity contribution in [2.75, 3.05) is 5.32 Å². The maximum Gasteiger partial charge on any atom is 0.344 e. The molecular formula is C25H21NO3. The van der Waals surface area contributed by atoms with E-state index in [2.05, 4.69) is 12.2 Å². The molecule has 0 bridgehead atoms. The molecule has 144 valence electrons. The molecule has 0 saturated heterocycles. The van der Waals surface area contributed by atoms with Crippen LogP contribution in [0, 0.1) is 6.92 Å². The first-order chi connectivity index (χ1) is 14.1. The summed E-state index contributed by atoms with van der Waals surface area (Å²) in [4.78, 5) is 25.1. The maximum absolute atomic E-state index is 12.7. The van der Waals surface area contributed by atoms with E-state index in [0.29, 0.717) is 22.3 Å². The number of nitrogens with one attached hydrogen (secondary N) is 1. The Labute approximate surface area is 168 Å². The van der Waals surface area contributed by atoms with Crippen molar-refractivity contribution < 1.29 is 9.21 Å². The predicted molar refractivity (Wildman–Crippen MR) is 116 cm³/mol. The van der Waals surface area contributed by atoms with Crippen molar-refractivity contribution in [3.8, 4) is 11.1 Å². The lowest BCUT2D eigenvalue weighted by Gasteiger charge is -2.13. The van der Waals surface area contributed by atoms with Gasteiger partial charge in [0, 0.05) is 16.6 Å². The molecule has 29 heavy (non-hydrogen) atoms. The second-order valence-corrected chi connectivity index (χ2v) is 6.98. The fourth-order valence-electron chi connectivity index (χ4n) is 3.45. The van der Waals surface area contributed by atoms with E-state index in [4.69, 9.17) is 4.42 Å². The Hall–Kier alpha value is -3.66. The van der Waals surface area contributed by atoms with Crippen LogP contribution < -0.4 is 10.9 Å². The first-order valence-electron chi connectivity index (χ1n) is 9.60. The van der Waals surface area contributed by atoms with Gasteiger partial charge in [-0.3, -0.25) is 4.79 Å². The highest BCUT2D eigenvalue weighted by Gasteiger charge is 2.12. The number of rotatable bonds is 4. The third kappa shape index (κ3) is 3.69. The third-order valence-electron chi connectivity index (χ3n) is 5.08. The number of para-hydroxylation sites is 2. The minimum atomic E-state index is -0.395. The van der Waals surface area contributed by atoms with E-state index in [0.717, 1.165) is 28.6 Å². The molecule has 4 heteroatoms. The fraction of sp³-hybridized carbons (Fsp3) is 0.120. The van der Waals surface area contributed by atoms with Gasteiger partial charge in [0.05, 0.1) is 5.56 Å². The van der Waals surface area contributed by atoms with Crippen LogP contribution in [0.25, 0.3) is 22.1 Å². The molecule has 0 aliphatic carbocycles. The number of fused-ring (bicyclic) bond motifs is 1. The second kappa shape index (κ2) is 7.76. The molecule has 0 fully saturated rings. The molecule has 0 unspecified atom stereocenters. The van der Waals surface area contributed by atoms with E-state index >= 15 is 0 Å². The summed E-state index contributed by atoms with van der Waals surface area (Å²) >= 11 is 0. The Morgan fingerprint density at radius 1 is 0.966 bits per heavy atom. The van der Waals surface area contributed by atoms with Crippen LogP contribution in [0.2, 0.25) is 0 Å². The van der Waals surface area contributed by atoms with Crippen molar-refractivity contribution in [1.82, 2.24) is 0 Å². The Kier molecular flexibility index (Phi) is 5.00. The van der Waals surface area contributed by atoms with Crippen LogP contribution in [0.4, 0.5) is 5.69 Å². The van der Waals surface area contributed by atoms with Crippen LogP contribution in [-0.2, 0) is 6.42 Å². The highest BCUT2D eigenvalue weighted by Crippen LogP contribution is 2.24. The number of amides is 1. The third-order valence-corrected chi connectivity index (χ3v) is 5.08. The lowest BCUT2D eigenvalue weighted by Crippen LogP contribution is -2.14. The van der Waals surface area contributed by atoms with Crippen LogP contribution in [-0.4, -0.2) is 5.91 Å². The summed E-state index contributed by atoms with van der Waals surface area (Å²) in [5, 5.41) is 3.88. The van der Waals surface area contributed by atoms with Gasteiger partial charge in [-0.25, -0.2) is 4.79 Å². The van der Waals surface area contributed by atoms with Crippen LogP contribution in [0.15, 0.2) is 82.0 Å². The Morgan fingerprint density at radius 3 is 2.48 bits per heavy atom. The number of benzene rings is 3. The van der Waals surface area contributed by atoms with E-state index < -0.39 is 5.63 Å². The summed E-state index contributed by atoms with van der Waals surface area (Å²) in [6.07, 6.45) is 0.841. The molecule has 4 nitrogen and oxygen atoms in total. The average Bonchev–Trinajstić information content (AvgIpc) is 2.74. The smallest absolute Gasteiger partial charge is 0.344 e. The lowest BCUT2D eigenvalue weighted by atomic mass is 10.0. The number of carbonyl (C=O) groups excluding carboxylic acids is 1. The van der Waals surface area contributed by atoms with Gasteiger partial charge in [0.25, 0.3) is 5.91 Å². The van der Waals surface area contributed by atoms with Crippen molar-refractivity contribution in [2.24, 2.45) is 0 Å².